The fourth-order valence-corrected chi connectivity index (χ4v) is 5.34. The van der Waals surface area contributed by atoms with Crippen LogP contribution >= 0.6 is 11.6 Å². The summed E-state index contributed by atoms with van der Waals surface area (Å²) in [4.78, 5) is 13.6. The minimum Gasteiger partial charge on any atom is -0.208 e. The van der Waals surface area contributed by atoms with Gasteiger partial charge in [-0.3, -0.25) is 0 Å². The molecule has 0 radical (unpaired) electrons. The van der Waals surface area contributed by atoms with Crippen molar-refractivity contribution in [1.29, 1.82) is 0 Å². The number of benzene rings is 3. The van der Waals surface area contributed by atoms with Crippen molar-refractivity contribution in [1.82, 2.24) is 15.0 Å². The van der Waals surface area contributed by atoms with Crippen molar-refractivity contribution in [2.75, 3.05) is 0 Å². The Balaban J connectivity index is 1.53. The summed E-state index contributed by atoms with van der Waals surface area (Å²) in [6.07, 6.45) is 1.12. The highest BCUT2D eigenvalue weighted by Crippen LogP contribution is 2.50. The summed E-state index contributed by atoms with van der Waals surface area (Å²) in [6, 6.07) is 25.1. The molecule has 3 nitrogen and oxygen atoms in total. The molecule has 0 atom stereocenters. The molecule has 0 amide bonds. The Bertz CT molecular complexity index is 1290. The van der Waals surface area contributed by atoms with Crippen LogP contribution in [-0.2, 0) is 10.8 Å². The van der Waals surface area contributed by atoms with E-state index < -0.39 is 0 Å². The molecule has 4 aromatic rings. The summed E-state index contributed by atoms with van der Waals surface area (Å²) < 4.78 is 0. The summed E-state index contributed by atoms with van der Waals surface area (Å²) in [7, 11) is 0. The molecule has 0 bridgehead atoms. The maximum Gasteiger partial charge on any atom is 0.226 e. The second-order valence-electron chi connectivity index (χ2n) is 9.90. The van der Waals surface area contributed by atoms with E-state index in [1.54, 1.807) is 0 Å². The molecular weight excluding hydrogens is 414 g/mol. The fraction of sp³-hybridized carbons (Fsp3) is 0.250. The van der Waals surface area contributed by atoms with Crippen molar-refractivity contribution in [3.8, 4) is 33.9 Å². The summed E-state index contributed by atoms with van der Waals surface area (Å²) >= 11 is 6.33. The van der Waals surface area contributed by atoms with Crippen molar-refractivity contribution < 1.29 is 0 Å². The van der Waals surface area contributed by atoms with E-state index in [1.807, 2.05) is 30.3 Å². The molecule has 0 fully saturated rings. The van der Waals surface area contributed by atoms with E-state index in [4.69, 9.17) is 16.6 Å². The average molecular weight is 440 g/mol. The largest absolute Gasteiger partial charge is 0.226 e. The molecule has 3 aromatic carbocycles. The van der Waals surface area contributed by atoms with Gasteiger partial charge >= 0.3 is 0 Å². The van der Waals surface area contributed by atoms with Crippen molar-refractivity contribution in [3.63, 3.8) is 0 Å². The van der Waals surface area contributed by atoms with Gasteiger partial charge in [-0.1, -0.05) is 94.4 Å². The lowest BCUT2D eigenvalue weighted by atomic mass is 9.82. The fourth-order valence-electron chi connectivity index (χ4n) is 5.18. The van der Waals surface area contributed by atoms with Crippen LogP contribution < -0.4 is 0 Å². The third-order valence-electron chi connectivity index (χ3n) is 6.48. The Hall–Kier alpha value is -3.04. The summed E-state index contributed by atoms with van der Waals surface area (Å²) in [5.41, 5.74) is 7.27. The van der Waals surface area contributed by atoms with E-state index in [1.165, 1.54) is 16.7 Å². The zero-order valence-corrected chi connectivity index (χ0v) is 19.6. The quantitative estimate of drug-likeness (QED) is 0.332. The van der Waals surface area contributed by atoms with E-state index in [-0.39, 0.29) is 16.1 Å². The first-order valence-electron chi connectivity index (χ1n) is 11.0. The maximum atomic E-state index is 6.33. The van der Waals surface area contributed by atoms with Gasteiger partial charge in [0.1, 0.15) is 0 Å². The van der Waals surface area contributed by atoms with Gasteiger partial charge in [-0.15, -0.1) is 0 Å². The average Bonchev–Trinajstić information content (AvgIpc) is 2.97. The van der Waals surface area contributed by atoms with Gasteiger partial charge in [-0.05, 0) is 57.2 Å². The smallest absolute Gasteiger partial charge is 0.208 e. The molecular formula is C28H26ClN3. The molecule has 0 N–H and O–H groups in total. The molecule has 0 unspecified atom stereocenters. The summed E-state index contributed by atoms with van der Waals surface area (Å²) in [5, 5.41) is 0.206. The van der Waals surface area contributed by atoms with Gasteiger partial charge in [0, 0.05) is 11.1 Å². The van der Waals surface area contributed by atoms with Crippen LogP contribution in [0.5, 0.6) is 0 Å². The van der Waals surface area contributed by atoms with Gasteiger partial charge < -0.3 is 0 Å². The first-order valence-corrected chi connectivity index (χ1v) is 11.3. The minimum atomic E-state index is 0.113. The Labute approximate surface area is 194 Å². The zero-order valence-electron chi connectivity index (χ0n) is 18.9. The highest BCUT2D eigenvalue weighted by molar-refractivity contribution is 6.28. The molecule has 5 rings (SSSR count). The van der Waals surface area contributed by atoms with Crippen LogP contribution in [0.1, 0.15) is 45.2 Å². The number of aromatic nitrogens is 3. The molecule has 0 saturated carbocycles. The van der Waals surface area contributed by atoms with Crippen molar-refractivity contribution in [2.24, 2.45) is 0 Å². The van der Waals surface area contributed by atoms with Crippen LogP contribution in [0.3, 0.4) is 0 Å². The molecule has 1 aliphatic rings. The lowest BCUT2D eigenvalue weighted by Crippen LogP contribution is -2.17. The normalized spacial score (nSPS) is 16.0. The highest BCUT2D eigenvalue weighted by Gasteiger charge is 2.41. The predicted octanol–water partition coefficient (Wildman–Crippen LogP) is 7.48. The van der Waals surface area contributed by atoms with Gasteiger partial charge in [-0.2, -0.15) is 9.97 Å². The van der Waals surface area contributed by atoms with Gasteiger partial charge in [-0.25, -0.2) is 4.98 Å². The molecule has 1 aromatic heterocycles. The van der Waals surface area contributed by atoms with Crippen molar-refractivity contribution >= 4 is 11.6 Å². The molecule has 1 aliphatic carbocycles. The molecule has 32 heavy (non-hydrogen) atoms. The lowest BCUT2D eigenvalue weighted by Gasteiger charge is -2.22. The second-order valence-corrected chi connectivity index (χ2v) is 10.2. The summed E-state index contributed by atoms with van der Waals surface area (Å²) in [6.45, 7) is 9.25. The predicted molar refractivity (Wildman–Crippen MR) is 132 cm³/mol. The topological polar surface area (TPSA) is 38.7 Å². The monoisotopic (exact) mass is 439 g/mol. The van der Waals surface area contributed by atoms with E-state index in [0.717, 1.165) is 23.1 Å². The van der Waals surface area contributed by atoms with Crippen LogP contribution in [0.25, 0.3) is 33.9 Å². The number of nitrogens with zero attached hydrogens (tertiary/aromatic N) is 3. The SMILES string of the molecule is CC1(C)CC(C)(C)c2cc(-c3nc(Cl)nc(-c4ccc(-c5ccccc5)cc4)n3)ccc21. The Morgan fingerprint density at radius 1 is 0.594 bits per heavy atom. The number of hydrogen-bond donors (Lipinski definition) is 0. The van der Waals surface area contributed by atoms with E-state index in [2.05, 4.69) is 80.1 Å². The molecule has 0 spiro atoms. The highest BCUT2D eigenvalue weighted by atomic mass is 35.5. The maximum absolute atomic E-state index is 6.33. The molecule has 1 heterocycles. The third kappa shape index (κ3) is 3.71. The number of halogens is 1. The first kappa shape index (κ1) is 20.8. The van der Waals surface area contributed by atoms with Crippen LogP contribution in [0, 0.1) is 0 Å². The summed E-state index contributed by atoms with van der Waals surface area (Å²) in [5.74, 6) is 1.19. The van der Waals surface area contributed by atoms with Crippen molar-refractivity contribution in [2.45, 2.75) is 44.9 Å². The van der Waals surface area contributed by atoms with E-state index in [9.17, 15) is 0 Å². The van der Waals surface area contributed by atoms with Crippen LogP contribution in [-0.4, -0.2) is 15.0 Å². The number of hydrogen-bond acceptors (Lipinski definition) is 3. The Morgan fingerprint density at radius 2 is 1.12 bits per heavy atom. The number of rotatable bonds is 3. The van der Waals surface area contributed by atoms with Gasteiger partial charge in [0.25, 0.3) is 0 Å². The van der Waals surface area contributed by atoms with E-state index in [0.29, 0.717) is 11.6 Å². The Kier molecular flexibility index (Phi) is 4.90. The van der Waals surface area contributed by atoms with Crippen LogP contribution in [0.15, 0.2) is 72.8 Å². The van der Waals surface area contributed by atoms with Gasteiger partial charge in [0.05, 0.1) is 0 Å². The van der Waals surface area contributed by atoms with Crippen molar-refractivity contribution in [3.05, 3.63) is 89.2 Å². The number of fused-ring (bicyclic) bond motifs is 1. The standard InChI is InChI=1S/C28H26ClN3/c1-27(2)17-28(3,4)23-16-21(14-15-22(23)27)25-30-24(31-26(29)32-25)20-12-10-19(11-13-20)18-8-6-5-7-9-18/h5-16H,17H2,1-4H3. The zero-order chi connectivity index (χ0) is 22.5. The van der Waals surface area contributed by atoms with Gasteiger partial charge in [0.15, 0.2) is 11.6 Å². The molecule has 4 heteroatoms. The van der Waals surface area contributed by atoms with Crippen LogP contribution in [0.4, 0.5) is 0 Å². The minimum absolute atomic E-state index is 0.113. The first-order chi connectivity index (χ1) is 15.2. The third-order valence-corrected chi connectivity index (χ3v) is 6.65. The van der Waals surface area contributed by atoms with Gasteiger partial charge in [0.2, 0.25) is 5.28 Å². The molecule has 160 valence electrons. The van der Waals surface area contributed by atoms with E-state index >= 15 is 0 Å². The molecule has 0 aliphatic heterocycles. The molecule has 0 saturated heterocycles. The second kappa shape index (κ2) is 7.53. The lowest BCUT2D eigenvalue weighted by molar-refractivity contribution is 0.403. The van der Waals surface area contributed by atoms with Crippen LogP contribution in [0.2, 0.25) is 5.28 Å². The Morgan fingerprint density at radius 3 is 1.81 bits per heavy atom.